The molecule has 1 aromatic carbocycles. The summed E-state index contributed by atoms with van der Waals surface area (Å²) in [7, 11) is 0. The third-order valence-electron chi connectivity index (χ3n) is 4.98. The molecule has 1 aliphatic carbocycles. The predicted molar refractivity (Wildman–Crippen MR) is 95.2 cm³/mol. The van der Waals surface area contributed by atoms with E-state index < -0.39 is 53.5 Å². The molecule has 3 rings (SSSR count). The van der Waals surface area contributed by atoms with Gasteiger partial charge in [0.25, 0.3) is 5.69 Å². The first-order chi connectivity index (χ1) is 13.3. The van der Waals surface area contributed by atoms with E-state index in [1.807, 2.05) is 12.2 Å². The first-order valence-corrected chi connectivity index (χ1v) is 8.73. The van der Waals surface area contributed by atoms with Crippen molar-refractivity contribution in [2.45, 2.75) is 19.8 Å². The number of benzene rings is 1. The molecule has 1 fully saturated rings. The third kappa shape index (κ3) is 3.68. The molecule has 0 bridgehead atoms. The molecule has 0 radical (unpaired) electrons. The number of carbonyl (C=O) groups excluding carboxylic acids is 4. The number of hydrogen-bond acceptors (Lipinski definition) is 7. The number of imide groups is 1. The minimum absolute atomic E-state index is 0.0375. The summed E-state index contributed by atoms with van der Waals surface area (Å²) in [6.45, 7) is 0.360. The van der Waals surface area contributed by atoms with Gasteiger partial charge in [0.1, 0.15) is 6.54 Å². The van der Waals surface area contributed by atoms with Crippen molar-refractivity contribution >= 4 is 29.3 Å². The van der Waals surface area contributed by atoms with Gasteiger partial charge in [-0.05, 0) is 19.8 Å². The lowest BCUT2D eigenvalue weighted by molar-refractivity contribution is -0.385. The molecular formula is C19H18N2O7. The summed E-state index contributed by atoms with van der Waals surface area (Å²) in [5.41, 5.74) is 0.234. The number of ether oxygens (including phenoxy) is 1. The largest absolute Gasteiger partial charge is 0.456 e. The van der Waals surface area contributed by atoms with Gasteiger partial charge in [-0.25, -0.2) is 0 Å². The van der Waals surface area contributed by atoms with E-state index >= 15 is 0 Å². The van der Waals surface area contributed by atoms with Crippen molar-refractivity contribution in [3.63, 3.8) is 0 Å². The van der Waals surface area contributed by atoms with Crippen molar-refractivity contribution in [3.05, 3.63) is 51.6 Å². The second-order valence-corrected chi connectivity index (χ2v) is 6.76. The number of nitrogens with zero attached hydrogens (tertiary/aromatic N) is 2. The van der Waals surface area contributed by atoms with Crippen LogP contribution in [0.1, 0.15) is 28.8 Å². The molecule has 1 saturated heterocycles. The van der Waals surface area contributed by atoms with E-state index in [9.17, 15) is 29.3 Å². The Morgan fingerprint density at radius 1 is 1.18 bits per heavy atom. The van der Waals surface area contributed by atoms with Crippen LogP contribution < -0.4 is 0 Å². The summed E-state index contributed by atoms with van der Waals surface area (Å²) < 4.78 is 4.88. The minimum atomic E-state index is -0.886. The molecule has 0 N–H and O–H groups in total. The van der Waals surface area contributed by atoms with E-state index in [4.69, 9.17) is 4.74 Å². The molecule has 28 heavy (non-hydrogen) atoms. The van der Waals surface area contributed by atoms with E-state index in [1.54, 1.807) is 6.92 Å². The minimum Gasteiger partial charge on any atom is -0.456 e. The summed E-state index contributed by atoms with van der Waals surface area (Å²) in [5, 5.41) is 11.0. The number of amides is 2. The van der Waals surface area contributed by atoms with Crippen molar-refractivity contribution < 1.29 is 28.8 Å². The maximum absolute atomic E-state index is 12.3. The van der Waals surface area contributed by atoms with Crippen molar-refractivity contribution in [1.29, 1.82) is 0 Å². The molecular weight excluding hydrogens is 368 g/mol. The summed E-state index contributed by atoms with van der Waals surface area (Å²) in [4.78, 5) is 60.0. The molecule has 0 aromatic heterocycles. The van der Waals surface area contributed by atoms with Crippen LogP contribution in [-0.2, 0) is 19.1 Å². The summed E-state index contributed by atoms with van der Waals surface area (Å²) >= 11 is 0. The van der Waals surface area contributed by atoms with Gasteiger partial charge in [-0.2, -0.15) is 0 Å². The number of nitro groups is 1. The summed E-state index contributed by atoms with van der Waals surface area (Å²) in [6, 6.07) is 3.96. The number of aryl methyl sites for hydroxylation is 1. The first-order valence-electron chi connectivity index (χ1n) is 8.73. The standard InChI is InChI=1S/C19H18N2O7/c1-11-6-7-12(8-15(11)21(26)27)16(22)10-28-17(23)9-20-18(24)13-4-2-3-5-14(13)19(20)25/h2-3,6-8,13-14H,4-5,9-10H2,1H3/t13-,14+. The Balaban J connectivity index is 1.58. The highest BCUT2D eigenvalue weighted by molar-refractivity contribution is 6.07. The third-order valence-corrected chi connectivity index (χ3v) is 4.98. The van der Waals surface area contributed by atoms with Crippen LogP contribution in [0.25, 0.3) is 0 Å². The van der Waals surface area contributed by atoms with Crippen LogP contribution in [0.5, 0.6) is 0 Å². The molecule has 0 saturated carbocycles. The van der Waals surface area contributed by atoms with Crippen molar-refractivity contribution in [2.75, 3.05) is 13.2 Å². The van der Waals surface area contributed by atoms with Gasteiger partial charge in [0.15, 0.2) is 6.61 Å². The van der Waals surface area contributed by atoms with E-state index in [0.29, 0.717) is 18.4 Å². The highest BCUT2D eigenvalue weighted by atomic mass is 16.6. The second kappa shape index (κ2) is 7.71. The zero-order valence-corrected chi connectivity index (χ0v) is 15.1. The number of ketones is 1. The van der Waals surface area contributed by atoms with Gasteiger partial charge in [0.2, 0.25) is 17.6 Å². The zero-order chi connectivity index (χ0) is 20.4. The van der Waals surface area contributed by atoms with Crippen molar-refractivity contribution in [3.8, 4) is 0 Å². The number of allylic oxidation sites excluding steroid dienone is 2. The van der Waals surface area contributed by atoms with Gasteiger partial charge in [-0.3, -0.25) is 34.2 Å². The molecule has 1 aromatic rings. The normalized spacial score (nSPS) is 20.8. The molecule has 0 unspecified atom stereocenters. The molecule has 0 spiro atoms. The number of fused-ring (bicyclic) bond motifs is 1. The fourth-order valence-electron chi connectivity index (χ4n) is 3.41. The number of Topliss-reactive ketones (excluding diaryl/α,β-unsaturated/α-hetero) is 1. The van der Waals surface area contributed by atoms with Gasteiger partial charge in [-0.1, -0.05) is 24.3 Å². The fourth-order valence-corrected chi connectivity index (χ4v) is 3.41. The van der Waals surface area contributed by atoms with Crippen LogP contribution in [0.2, 0.25) is 0 Å². The van der Waals surface area contributed by atoms with Crippen LogP contribution in [0.15, 0.2) is 30.4 Å². The highest BCUT2D eigenvalue weighted by Crippen LogP contribution is 2.34. The molecule has 1 heterocycles. The van der Waals surface area contributed by atoms with Crippen LogP contribution in [0.3, 0.4) is 0 Å². The van der Waals surface area contributed by atoms with E-state index in [1.165, 1.54) is 12.1 Å². The van der Waals surface area contributed by atoms with Gasteiger partial charge in [-0.15, -0.1) is 0 Å². The maximum Gasteiger partial charge on any atom is 0.326 e. The van der Waals surface area contributed by atoms with Crippen LogP contribution in [-0.4, -0.2) is 46.5 Å². The Morgan fingerprint density at radius 2 is 1.79 bits per heavy atom. The molecule has 146 valence electrons. The van der Waals surface area contributed by atoms with Crippen molar-refractivity contribution in [1.82, 2.24) is 4.90 Å². The predicted octanol–water partition coefficient (Wildman–Crippen LogP) is 1.58. The number of esters is 1. The topological polar surface area (TPSA) is 124 Å². The molecule has 2 aliphatic rings. The van der Waals surface area contributed by atoms with Crippen LogP contribution in [0, 0.1) is 28.9 Å². The number of nitro benzene ring substituents is 1. The van der Waals surface area contributed by atoms with Gasteiger partial charge in [0, 0.05) is 17.2 Å². The lowest BCUT2D eigenvalue weighted by Gasteiger charge is -2.14. The fraction of sp³-hybridized carbons (Fsp3) is 0.368. The molecule has 2 amide bonds. The maximum atomic E-state index is 12.3. The van der Waals surface area contributed by atoms with Gasteiger partial charge in [0.05, 0.1) is 16.8 Å². The SMILES string of the molecule is Cc1ccc(C(=O)COC(=O)CN2C(=O)[C@H]3CC=CC[C@H]3C2=O)cc1[N+](=O)[O-]. The number of hydrogen-bond donors (Lipinski definition) is 0. The monoisotopic (exact) mass is 386 g/mol. The number of rotatable bonds is 6. The molecule has 2 atom stereocenters. The number of likely N-dealkylation sites (tertiary alicyclic amines) is 1. The van der Waals surface area contributed by atoms with E-state index in [2.05, 4.69) is 0 Å². The summed E-state index contributed by atoms with van der Waals surface area (Å²) in [5.74, 6) is -3.20. The lowest BCUT2D eigenvalue weighted by atomic mass is 9.85. The smallest absolute Gasteiger partial charge is 0.326 e. The average molecular weight is 386 g/mol. The van der Waals surface area contributed by atoms with Gasteiger partial charge < -0.3 is 4.74 Å². The quantitative estimate of drug-likeness (QED) is 0.181. The Morgan fingerprint density at radius 3 is 2.36 bits per heavy atom. The van der Waals surface area contributed by atoms with E-state index in [-0.39, 0.29) is 11.3 Å². The van der Waals surface area contributed by atoms with Crippen LogP contribution in [0.4, 0.5) is 5.69 Å². The van der Waals surface area contributed by atoms with Crippen molar-refractivity contribution in [2.24, 2.45) is 11.8 Å². The Hall–Kier alpha value is -3.36. The molecule has 9 heteroatoms. The van der Waals surface area contributed by atoms with E-state index in [0.717, 1.165) is 11.0 Å². The van der Waals surface area contributed by atoms with Gasteiger partial charge >= 0.3 is 5.97 Å². The van der Waals surface area contributed by atoms with Crippen LogP contribution >= 0.6 is 0 Å². The molecule has 9 nitrogen and oxygen atoms in total. The Labute approximate surface area is 160 Å². The average Bonchev–Trinajstić information content (AvgIpc) is 2.91. The summed E-state index contributed by atoms with van der Waals surface area (Å²) in [6.07, 6.45) is 4.61. The Kier molecular flexibility index (Phi) is 5.34. The first kappa shape index (κ1) is 19.4. The lowest BCUT2D eigenvalue weighted by Crippen LogP contribution is -2.37. The Bertz CT molecular complexity index is 880. The second-order valence-electron chi connectivity index (χ2n) is 6.76. The zero-order valence-electron chi connectivity index (χ0n) is 15.1. The molecule has 1 aliphatic heterocycles. The highest BCUT2D eigenvalue weighted by Gasteiger charge is 2.47. The number of carbonyl (C=O) groups is 4.